The molecule has 1 fully saturated rings. The van der Waals surface area contributed by atoms with Gasteiger partial charge in [0.1, 0.15) is 0 Å². The first-order valence-corrected chi connectivity index (χ1v) is 8.56. The van der Waals surface area contributed by atoms with Crippen LogP contribution in [0.4, 0.5) is 5.69 Å². The SMILES string of the molecule is O=C(/C=C/c1cccc(/C=C2\Oc3ccccc3NC2=O)c1)NC1CC1. The van der Waals surface area contributed by atoms with E-state index < -0.39 is 0 Å². The molecule has 1 aliphatic heterocycles. The maximum atomic E-state index is 12.2. The van der Waals surface area contributed by atoms with Crippen LogP contribution in [-0.2, 0) is 9.59 Å². The molecule has 0 bridgehead atoms. The summed E-state index contributed by atoms with van der Waals surface area (Å²) >= 11 is 0. The van der Waals surface area contributed by atoms with Crippen molar-refractivity contribution in [2.45, 2.75) is 18.9 Å². The van der Waals surface area contributed by atoms with Crippen LogP contribution < -0.4 is 15.4 Å². The first kappa shape index (κ1) is 16.1. The van der Waals surface area contributed by atoms with Gasteiger partial charge in [-0.3, -0.25) is 9.59 Å². The van der Waals surface area contributed by atoms with Crippen molar-refractivity contribution in [3.8, 4) is 5.75 Å². The van der Waals surface area contributed by atoms with E-state index in [0.717, 1.165) is 24.0 Å². The number of benzene rings is 2. The summed E-state index contributed by atoms with van der Waals surface area (Å²) < 4.78 is 5.70. The fraction of sp³-hybridized carbons (Fsp3) is 0.143. The molecular weight excluding hydrogens is 328 g/mol. The molecule has 5 heteroatoms. The van der Waals surface area contributed by atoms with E-state index in [4.69, 9.17) is 4.74 Å². The van der Waals surface area contributed by atoms with Crippen molar-refractivity contribution < 1.29 is 14.3 Å². The maximum absolute atomic E-state index is 12.2. The minimum atomic E-state index is -0.284. The van der Waals surface area contributed by atoms with E-state index in [1.807, 2.05) is 36.4 Å². The third kappa shape index (κ3) is 3.83. The highest BCUT2D eigenvalue weighted by atomic mass is 16.5. The number of carbonyl (C=O) groups excluding carboxylic acids is 2. The number of ether oxygens (including phenoxy) is 1. The Kier molecular flexibility index (Phi) is 4.27. The molecule has 2 amide bonds. The first-order chi connectivity index (χ1) is 12.7. The highest BCUT2D eigenvalue weighted by molar-refractivity contribution is 6.08. The number of para-hydroxylation sites is 2. The van der Waals surface area contributed by atoms with E-state index in [0.29, 0.717) is 17.5 Å². The molecule has 130 valence electrons. The summed E-state index contributed by atoms with van der Waals surface area (Å²) in [6, 6.07) is 15.2. The van der Waals surface area contributed by atoms with Crippen LogP contribution in [0.15, 0.2) is 60.4 Å². The molecule has 2 aromatic carbocycles. The molecule has 2 aliphatic rings. The predicted octanol–water partition coefficient (Wildman–Crippen LogP) is 3.35. The average Bonchev–Trinajstić information content (AvgIpc) is 3.45. The van der Waals surface area contributed by atoms with Crippen molar-refractivity contribution in [3.05, 3.63) is 71.5 Å². The number of hydrogen-bond donors (Lipinski definition) is 2. The van der Waals surface area contributed by atoms with Gasteiger partial charge >= 0.3 is 0 Å². The number of carbonyl (C=O) groups is 2. The molecule has 2 aromatic rings. The van der Waals surface area contributed by atoms with Gasteiger partial charge in [0.05, 0.1) is 5.69 Å². The van der Waals surface area contributed by atoms with E-state index in [1.165, 1.54) is 6.08 Å². The third-order valence-electron chi connectivity index (χ3n) is 4.14. The van der Waals surface area contributed by atoms with Gasteiger partial charge in [-0.25, -0.2) is 0 Å². The van der Waals surface area contributed by atoms with Crippen molar-refractivity contribution >= 4 is 29.7 Å². The molecule has 1 saturated carbocycles. The summed E-state index contributed by atoms with van der Waals surface area (Å²) in [5.74, 6) is 0.485. The monoisotopic (exact) mass is 346 g/mol. The Labute approximate surface area is 151 Å². The van der Waals surface area contributed by atoms with Crippen LogP contribution in [0.25, 0.3) is 12.2 Å². The number of anilines is 1. The molecule has 0 unspecified atom stereocenters. The van der Waals surface area contributed by atoms with E-state index in [9.17, 15) is 9.59 Å². The topological polar surface area (TPSA) is 67.4 Å². The van der Waals surface area contributed by atoms with Gasteiger partial charge in [0, 0.05) is 12.1 Å². The molecular formula is C21H18N2O3. The van der Waals surface area contributed by atoms with Crippen LogP contribution in [0.1, 0.15) is 24.0 Å². The van der Waals surface area contributed by atoms with Gasteiger partial charge in [0.25, 0.3) is 5.91 Å². The van der Waals surface area contributed by atoms with E-state index in [1.54, 1.807) is 24.3 Å². The van der Waals surface area contributed by atoms with Crippen molar-refractivity contribution in [3.63, 3.8) is 0 Å². The van der Waals surface area contributed by atoms with Crippen molar-refractivity contribution in [2.75, 3.05) is 5.32 Å². The van der Waals surface area contributed by atoms with Crippen LogP contribution in [0, 0.1) is 0 Å². The molecule has 0 aromatic heterocycles. The number of amides is 2. The smallest absolute Gasteiger partial charge is 0.291 e. The largest absolute Gasteiger partial charge is 0.449 e. The molecule has 5 nitrogen and oxygen atoms in total. The Balaban J connectivity index is 1.51. The Morgan fingerprint density at radius 2 is 1.92 bits per heavy atom. The summed E-state index contributed by atoms with van der Waals surface area (Å²) in [4.78, 5) is 23.9. The van der Waals surface area contributed by atoms with Gasteiger partial charge < -0.3 is 15.4 Å². The van der Waals surface area contributed by atoms with Crippen LogP contribution in [0.5, 0.6) is 5.75 Å². The minimum Gasteiger partial charge on any atom is -0.449 e. The molecule has 0 spiro atoms. The second-order valence-electron chi connectivity index (χ2n) is 6.35. The Hall–Kier alpha value is -3.34. The van der Waals surface area contributed by atoms with Gasteiger partial charge in [0.15, 0.2) is 11.5 Å². The molecule has 1 aliphatic carbocycles. The van der Waals surface area contributed by atoms with Gasteiger partial charge in [-0.15, -0.1) is 0 Å². The summed E-state index contributed by atoms with van der Waals surface area (Å²) in [7, 11) is 0. The fourth-order valence-electron chi connectivity index (χ4n) is 2.66. The first-order valence-electron chi connectivity index (χ1n) is 8.56. The lowest BCUT2D eigenvalue weighted by Gasteiger charge is -2.19. The lowest BCUT2D eigenvalue weighted by Crippen LogP contribution is -2.23. The van der Waals surface area contributed by atoms with E-state index in [2.05, 4.69) is 10.6 Å². The standard InChI is InChI=1S/C21H18N2O3/c24-20(22-16-9-10-16)11-8-14-4-3-5-15(12-14)13-19-21(25)23-17-6-1-2-7-18(17)26-19/h1-8,11-13,16H,9-10H2,(H,22,24)(H,23,25)/b11-8+,19-13-. The number of rotatable bonds is 4. The van der Waals surface area contributed by atoms with Crippen LogP contribution in [0.2, 0.25) is 0 Å². The van der Waals surface area contributed by atoms with E-state index >= 15 is 0 Å². The number of nitrogens with one attached hydrogen (secondary N) is 2. The van der Waals surface area contributed by atoms with Gasteiger partial charge in [-0.05, 0) is 54.3 Å². The zero-order valence-corrected chi connectivity index (χ0v) is 14.1. The quantitative estimate of drug-likeness (QED) is 0.834. The molecule has 0 radical (unpaired) electrons. The Morgan fingerprint density at radius 3 is 2.77 bits per heavy atom. The highest BCUT2D eigenvalue weighted by Gasteiger charge is 2.22. The maximum Gasteiger partial charge on any atom is 0.291 e. The van der Waals surface area contributed by atoms with Crippen molar-refractivity contribution in [1.82, 2.24) is 5.32 Å². The van der Waals surface area contributed by atoms with Crippen molar-refractivity contribution in [1.29, 1.82) is 0 Å². The molecule has 0 saturated heterocycles. The van der Waals surface area contributed by atoms with Gasteiger partial charge in [0.2, 0.25) is 5.91 Å². The highest BCUT2D eigenvalue weighted by Crippen LogP contribution is 2.30. The van der Waals surface area contributed by atoms with Gasteiger partial charge in [-0.1, -0.05) is 30.3 Å². The average molecular weight is 346 g/mol. The second kappa shape index (κ2) is 6.88. The number of hydrogen-bond acceptors (Lipinski definition) is 3. The zero-order valence-electron chi connectivity index (χ0n) is 14.1. The molecule has 4 rings (SSSR count). The lowest BCUT2D eigenvalue weighted by molar-refractivity contribution is -0.116. The summed E-state index contributed by atoms with van der Waals surface area (Å²) in [5.41, 5.74) is 2.36. The molecule has 1 heterocycles. The fourth-order valence-corrected chi connectivity index (χ4v) is 2.66. The third-order valence-corrected chi connectivity index (χ3v) is 4.14. The number of fused-ring (bicyclic) bond motifs is 1. The van der Waals surface area contributed by atoms with Crippen LogP contribution >= 0.6 is 0 Å². The summed E-state index contributed by atoms with van der Waals surface area (Å²) in [6.45, 7) is 0. The Morgan fingerprint density at radius 1 is 1.12 bits per heavy atom. The second-order valence-corrected chi connectivity index (χ2v) is 6.35. The minimum absolute atomic E-state index is 0.0807. The normalized spacial score (nSPS) is 17.5. The molecule has 2 N–H and O–H groups in total. The summed E-state index contributed by atoms with van der Waals surface area (Å²) in [5, 5.41) is 5.72. The van der Waals surface area contributed by atoms with E-state index in [-0.39, 0.29) is 17.6 Å². The Bertz CT molecular complexity index is 926. The summed E-state index contributed by atoms with van der Waals surface area (Å²) in [6.07, 6.45) is 7.11. The zero-order chi connectivity index (χ0) is 17.9. The van der Waals surface area contributed by atoms with Crippen LogP contribution in [-0.4, -0.2) is 17.9 Å². The molecule has 26 heavy (non-hydrogen) atoms. The van der Waals surface area contributed by atoms with Gasteiger partial charge in [-0.2, -0.15) is 0 Å². The molecule has 0 atom stereocenters. The lowest BCUT2D eigenvalue weighted by atomic mass is 10.1. The van der Waals surface area contributed by atoms with Crippen LogP contribution in [0.3, 0.4) is 0 Å². The van der Waals surface area contributed by atoms with Crippen molar-refractivity contribution in [2.24, 2.45) is 0 Å². The predicted molar refractivity (Wildman–Crippen MR) is 100 cm³/mol.